The summed E-state index contributed by atoms with van der Waals surface area (Å²) in [5.41, 5.74) is 2.12. The minimum absolute atomic E-state index is 0.00931. The van der Waals surface area contributed by atoms with Gasteiger partial charge < -0.3 is 9.84 Å². The van der Waals surface area contributed by atoms with E-state index in [9.17, 15) is 4.79 Å². The second-order valence-electron chi connectivity index (χ2n) is 5.36. The lowest BCUT2D eigenvalue weighted by molar-refractivity contribution is -0.136. The van der Waals surface area contributed by atoms with E-state index in [1.54, 1.807) is 6.08 Å². The maximum atomic E-state index is 11.1. The zero-order valence-corrected chi connectivity index (χ0v) is 12.6. The Morgan fingerprint density at radius 3 is 2.45 bits per heavy atom. The molecule has 0 aliphatic heterocycles. The number of carbonyl (C=O) groups is 1. The maximum Gasteiger partial charge on any atom is 0.371 e. The van der Waals surface area contributed by atoms with Crippen molar-refractivity contribution in [2.75, 3.05) is 6.61 Å². The van der Waals surface area contributed by atoms with Crippen molar-refractivity contribution in [1.82, 2.24) is 0 Å². The largest absolute Gasteiger partial charge is 0.487 e. The van der Waals surface area contributed by atoms with Gasteiger partial charge in [0.15, 0.2) is 0 Å². The quantitative estimate of drug-likeness (QED) is 0.441. The van der Waals surface area contributed by atoms with Crippen LogP contribution in [0.15, 0.2) is 30.0 Å². The lowest BCUT2D eigenvalue weighted by atomic mass is 10.0. The molecule has 3 nitrogen and oxygen atoms in total. The summed E-state index contributed by atoms with van der Waals surface area (Å²) in [7, 11) is 0. The first-order valence-corrected chi connectivity index (χ1v) is 7.19. The molecule has 3 heteroatoms. The van der Waals surface area contributed by atoms with E-state index < -0.39 is 5.97 Å². The first-order chi connectivity index (χ1) is 9.52. The van der Waals surface area contributed by atoms with E-state index >= 15 is 0 Å². The molecule has 0 atom stereocenters. The minimum atomic E-state index is -1.02. The molecule has 0 spiro atoms. The molecule has 1 aromatic rings. The highest BCUT2D eigenvalue weighted by Crippen LogP contribution is 2.13. The highest BCUT2D eigenvalue weighted by molar-refractivity contribution is 5.89. The summed E-state index contributed by atoms with van der Waals surface area (Å²) in [6.07, 6.45) is 4.45. The van der Waals surface area contributed by atoms with Gasteiger partial charge in [-0.2, -0.15) is 0 Å². The fourth-order valence-corrected chi connectivity index (χ4v) is 1.86. The number of aliphatic carboxylic acids is 1. The van der Waals surface area contributed by atoms with Gasteiger partial charge >= 0.3 is 5.97 Å². The first-order valence-electron chi connectivity index (χ1n) is 7.19. The predicted octanol–water partition coefficient (Wildman–Crippen LogP) is 4.13. The molecule has 0 saturated heterocycles. The van der Waals surface area contributed by atoms with Crippen LogP contribution in [0.5, 0.6) is 0 Å². The molecule has 1 N–H and O–H groups in total. The van der Waals surface area contributed by atoms with Crippen molar-refractivity contribution in [1.29, 1.82) is 0 Å². The molecule has 20 heavy (non-hydrogen) atoms. The summed E-state index contributed by atoms with van der Waals surface area (Å²) in [5.74, 6) is -0.397. The average molecular weight is 276 g/mol. The number of rotatable bonds is 8. The SMILES string of the molecule is CCCCOC(=Cc1ccc(CC(C)C)cc1)C(=O)O. The molecule has 110 valence electrons. The molecule has 1 aromatic carbocycles. The van der Waals surface area contributed by atoms with Crippen LogP contribution in [-0.2, 0) is 16.0 Å². The van der Waals surface area contributed by atoms with Gasteiger partial charge in [0, 0.05) is 0 Å². The van der Waals surface area contributed by atoms with Crippen molar-refractivity contribution in [2.24, 2.45) is 5.92 Å². The van der Waals surface area contributed by atoms with Crippen LogP contribution in [0.25, 0.3) is 6.08 Å². The van der Waals surface area contributed by atoms with Gasteiger partial charge in [0.2, 0.25) is 5.76 Å². The van der Waals surface area contributed by atoms with Gasteiger partial charge in [-0.25, -0.2) is 4.79 Å². The summed E-state index contributed by atoms with van der Waals surface area (Å²) in [4.78, 5) is 11.1. The second kappa shape index (κ2) is 8.41. The van der Waals surface area contributed by atoms with Crippen molar-refractivity contribution in [3.05, 3.63) is 41.2 Å². The molecule has 0 aliphatic rings. The highest BCUT2D eigenvalue weighted by atomic mass is 16.5. The highest BCUT2D eigenvalue weighted by Gasteiger charge is 2.08. The number of carboxylic acid groups (broad SMARTS) is 1. The summed E-state index contributed by atoms with van der Waals surface area (Å²) < 4.78 is 5.30. The fourth-order valence-electron chi connectivity index (χ4n) is 1.86. The zero-order chi connectivity index (χ0) is 15.0. The Morgan fingerprint density at radius 1 is 1.30 bits per heavy atom. The summed E-state index contributed by atoms with van der Waals surface area (Å²) in [6, 6.07) is 7.95. The third kappa shape index (κ3) is 5.91. The van der Waals surface area contributed by atoms with Crippen LogP contribution >= 0.6 is 0 Å². The van der Waals surface area contributed by atoms with Gasteiger partial charge in [0.1, 0.15) is 0 Å². The molecular formula is C17H24O3. The second-order valence-corrected chi connectivity index (χ2v) is 5.36. The van der Waals surface area contributed by atoms with Crippen LogP contribution in [0.2, 0.25) is 0 Å². The van der Waals surface area contributed by atoms with Gasteiger partial charge in [0.05, 0.1) is 6.61 Å². The van der Waals surface area contributed by atoms with Crippen LogP contribution in [0.3, 0.4) is 0 Å². The molecule has 0 aliphatic carbocycles. The Morgan fingerprint density at radius 2 is 1.95 bits per heavy atom. The van der Waals surface area contributed by atoms with Crippen LogP contribution in [0, 0.1) is 5.92 Å². The van der Waals surface area contributed by atoms with E-state index in [0.29, 0.717) is 12.5 Å². The van der Waals surface area contributed by atoms with E-state index in [-0.39, 0.29) is 5.76 Å². The Hall–Kier alpha value is -1.77. The standard InChI is InChI=1S/C17H24O3/c1-4-5-10-20-16(17(18)19)12-15-8-6-14(7-9-15)11-13(2)3/h6-9,12-13H,4-5,10-11H2,1-3H3,(H,18,19). The number of carboxylic acids is 1. The Kier molecular flexibility index (Phi) is 6.85. The van der Waals surface area contributed by atoms with Crippen LogP contribution in [0.1, 0.15) is 44.7 Å². The van der Waals surface area contributed by atoms with E-state index in [1.165, 1.54) is 5.56 Å². The normalized spacial score (nSPS) is 11.7. The third-order valence-electron chi connectivity index (χ3n) is 2.89. The molecule has 0 bridgehead atoms. The lowest BCUT2D eigenvalue weighted by Crippen LogP contribution is -2.06. The Balaban J connectivity index is 2.75. The van der Waals surface area contributed by atoms with Crippen LogP contribution < -0.4 is 0 Å². The van der Waals surface area contributed by atoms with E-state index in [4.69, 9.17) is 9.84 Å². The number of hydrogen-bond acceptors (Lipinski definition) is 2. The van der Waals surface area contributed by atoms with Gasteiger partial charge in [-0.3, -0.25) is 0 Å². The molecule has 0 aromatic heterocycles. The van der Waals surface area contributed by atoms with E-state index in [0.717, 1.165) is 24.8 Å². The summed E-state index contributed by atoms with van der Waals surface area (Å²) >= 11 is 0. The number of ether oxygens (including phenoxy) is 1. The maximum absolute atomic E-state index is 11.1. The minimum Gasteiger partial charge on any atom is -0.487 e. The number of hydrogen-bond donors (Lipinski definition) is 1. The van der Waals surface area contributed by atoms with Gasteiger partial charge in [-0.15, -0.1) is 0 Å². The molecule has 0 amide bonds. The third-order valence-corrected chi connectivity index (χ3v) is 2.89. The molecule has 1 rings (SSSR count). The number of unbranched alkanes of at least 4 members (excludes halogenated alkanes) is 1. The first kappa shape index (κ1) is 16.3. The summed E-state index contributed by atoms with van der Waals surface area (Å²) in [6.45, 7) is 6.84. The molecule has 0 saturated carbocycles. The molecular weight excluding hydrogens is 252 g/mol. The van der Waals surface area contributed by atoms with Gasteiger partial charge in [-0.05, 0) is 36.0 Å². The molecule has 0 radical (unpaired) electrons. The van der Waals surface area contributed by atoms with Crippen molar-refractivity contribution < 1.29 is 14.6 Å². The average Bonchev–Trinajstić information content (AvgIpc) is 2.39. The van der Waals surface area contributed by atoms with Gasteiger partial charge in [-0.1, -0.05) is 51.5 Å². The van der Waals surface area contributed by atoms with Crippen molar-refractivity contribution >= 4 is 12.0 Å². The van der Waals surface area contributed by atoms with Crippen LogP contribution in [0.4, 0.5) is 0 Å². The van der Waals surface area contributed by atoms with E-state index in [2.05, 4.69) is 13.8 Å². The van der Waals surface area contributed by atoms with Crippen molar-refractivity contribution in [3.8, 4) is 0 Å². The zero-order valence-electron chi connectivity index (χ0n) is 12.6. The van der Waals surface area contributed by atoms with Crippen LogP contribution in [-0.4, -0.2) is 17.7 Å². The lowest BCUT2D eigenvalue weighted by Gasteiger charge is -2.07. The fraction of sp³-hybridized carbons (Fsp3) is 0.471. The molecule has 0 heterocycles. The number of benzene rings is 1. The topological polar surface area (TPSA) is 46.5 Å². The van der Waals surface area contributed by atoms with E-state index in [1.807, 2.05) is 31.2 Å². The Bertz CT molecular complexity index is 444. The smallest absolute Gasteiger partial charge is 0.371 e. The van der Waals surface area contributed by atoms with Crippen molar-refractivity contribution in [2.45, 2.75) is 40.0 Å². The molecule has 0 fully saturated rings. The predicted molar refractivity (Wildman–Crippen MR) is 81.5 cm³/mol. The summed E-state index contributed by atoms with van der Waals surface area (Å²) in [5, 5.41) is 9.11. The van der Waals surface area contributed by atoms with Crippen molar-refractivity contribution in [3.63, 3.8) is 0 Å². The molecule has 0 unspecified atom stereocenters. The Labute approximate surface area is 121 Å². The van der Waals surface area contributed by atoms with Gasteiger partial charge in [0.25, 0.3) is 0 Å². The monoisotopic (exact) mass is 276 g/mol.